The van der Waals surface area contributed by atoms with E-state index in [0.29, 0.717) is 18.2 Å². The molecule has 1 aliphatic carbocycles. The number of amides is 1. The van der Waals surface area contributed by atoms with Gasteiger partial charge in [-0.05, 0) is 32.9 Å². The Morgan fingerprint density at radius 1 is 1.62 bits per heavy atom. The van der Waals surface area contributed by atoms with Gasteiger partial charge < -0.3 is 16.0 Å². The van der Waals surface area contributed by atoms with Crippen molar-refractivity contribution in [1.82, 2.24) is 20.0 Å². The lowest BCUT2D eigenvalue weighted by Gasteiger charge is -2.45. The molecule has 0 aliphatic heterocycles. The van der Waals surface area contributed by atoms with Crippen molar-refractivity contribution in [2.75, 3.05) is 26.4 Å². The number of likely N-dealkylation sites (N-methyl/N-ethyl adjacent to an activating group) is 1. The summed E-state index contributed by atoms with van der Waals surface area (Å²) >= 11 is 0. The molecule has 1 aromatic heterocycles. The Hall–Kier alpha value is -1.56. The number of aromatic nitrogens is 2. The maximum atomic E-state index is 12.1. The third kappa shape index (κ3) is 3.97. The van der Waals surface area contributed by atoms with Crippen LogP contribution in [0.3, 0.4) is 0 Å². The number of nitrogen functional groups attached to an aromatic ring is 1. The molecule has 0 bridgehead atoms. The first-order valence-corrected chi connectivity index (χ1v) is 7.63. The Morgan fingerprint density at radius 3 is 2.95 bits per heavy atom. The van der Waals surface area contributed by atoms with E-state index in [2.05, 4.69) is 36.3 Å². The highest BCUT2D eigenvalue weighted by Gasteiger charge is 2.37. The molecule has 0 saturated heterocycles. The lowest BCUT2D eigenvalue weighted by molar-refractivity contribution is -0.122. The van der Waals surface area contributed by atoms with Crippen molar-refractivity contribution in [3.63, 3.8) is 0 Å². The average molecular weight is 293 g/mol. The minimum Gasteiger partial charge on any atom is -0.396 e. The quantitative estimate of drug-likeness (QED) is 0.852. The number of anilines is 1. The molecule has 1 heterocycles. The monoisotopic (exact) mass is 293 g/mol. The van der Waals surface area contributed by atoms with Crippen LogP contribution in [0.1, 0.15) is 32.6 Å². The van der Waals surface area contributed by atoms with Gasteiger partial charge in [0.2, 0.25) is 5.91 Å². The highest BCUT2D eigenvalue weighted by Crippen LogP contribution is 2.35. The van der Waals surface area contributed by atoms with Gasteiger partial charge in [0, 0.05) is 18.3 Å². The van der Waals surface area contributed by atoms with Crippen LogP contribution in [0.15, 0.2) is 12.4 Å². The van der Waals surface area contributed by atoms with Crippen molar-refractivity contribution in [2.24, 2.45) is 5.92 Å². The SMILES string of the molecule is CC1CCCC(CNC(=O)Cn2cc(N)cn2)(N(C)C)C1. The smallest absolute Gasteiger partial charge is 0.241 e. The summed E-state index contributed by atoms with van der Waals surface area (Å²) in [5.41, 5.74) is 6.26. The maximum absolute atomic E-state index is 12.1. The Balaban J connectivity index is 1.91. The zero-order valence-corrected chi connectivity index (χ0v) is 13.3. The highest BCUT2D eigenvalue weighted by molar-refractivity contribution is 5.75. The van der Waals surface area contributed by atoms with Crippen molar-refractivity contribution >= 4 is 11.6 Å². The number of carbonyl (C=O) groups excluding carboxylic acids is 1. The van der Waals surface area contributed by atoms with Crippen LogP contribution in [0.5, 0.6) is 0 Å². The summed E-state index contributed by atoms with van der Waals surface area (Å²) in [6, 6.07) is 0. The first kappa shape index (κ1) is 15.8. The van der Waals surface area contributed by atoms with Crippen molar-refractivity contribution in [1.29, 1.82) is 0 Å². The molecular formula is C15H27N5O. The first-order valence-electron chi connectivity index (χ1n) is 7.63. The molecule has 6 nitrogen and oxygen atoms in total. The third-order valence-electron chi connectivity index (χ3n) is 4.59. The molecule has 2 unspecified atom stereocenters. The van der Waals surface area contributed by atoms with E-state index in [1.165, 1.54) is 12.8 Å². The molecule has 1 aliphatic rings. The Morgan fingerprint density at radius 2 is 2.38 bits per heavy atom. The van der Waals surface area contributed by atoms with E-state index in [1.807, 2.05) is 0 Å². The number of nitrogens with zero attached hydrogens (tertiary/aromatic N) is 3. The fourth-order valence-corrected chi connectivity index (χ4v) is 3.29. The second-order valence-corrected chi connectivity index (χ2v) is 6.57. The average Bonchev–Trinajstić information content (AvgIpc) is 2.81. The molecule has 0 radical (unpaired) electrons. The van der Waals surface area contributed by atoms with Crippen LogP contribution < -0.4 is 11.1 Å². The summed E-state index contributed by atoms with van der Waals surface area (Å²) in [5, 5.41) is 7.11. The van der Waals surface area contributed by atoms with E-state index >= 15 is 0 Å². The Labute approximate surface area is 126 Å². The van der Waals surface area contributed by atoms with Crippen LogP contribution in [-0.4, -0.2) is 46.8 Å². The van der Waals surface area contributed by atoms with Gasteiger partial charge in [0.25, 0.3) is 0 Å². The van der Waals surface area contributed by atoms with Gasteiger partial charge in [-0.3, -0.25) is 9.48 Å². The minimum atomic E-state index is -0.0162. The summed E-state index contributed by atoms with van der Waals surface area (Å²) in [6.45, 7) is 3.21. The highest BCUT2D eigenvalue weighted by atomic mass is 16.2. The summed E-state index contributed by atoms with van der Waals surface area (Å²) in [5.74, 6) is 0.696. The zero-order valence-electron chi connectivity index (χ0n) is 13.3. The van der Waals surface area contributed by atoms with Gasteiger partial charge in [-0.1, -0.05) is 19.8 Å². The van der Waals surface area contributed by atoms with Gasteiger partial charge in [-0.25, -0.2) is 0 Å². The van der Waals surface area contributed by atoms with Crippen LogP contribution in [0, 0.1) is 5.92 Å². The topological polar surface area (TPSA) is 76.2 Å². The van der Waals surface area contributed by atoms with Crippen LogP contribution in [-0.2, 0) is 11.3 Å². The molecule has 1 aromatic rings. The van der Waals surface area contributed by atoms with E-state index in [-0.39, 0.29) is 18.0 Å². The zero-order chi connectivity index (χ0) is 15.5. The largest absolute Gasteiger partial charge is 0.396 e. The number of hydrogen-bond donors (Lipinski definition) is 2. The minimum absolute atomic E-state index is 0.0162. The van der Waals surface area contributed by atoms with Crippen LogP contribution in [0.4, 0.5) is 5.69 Å². The molecule has 0 aromatic carbocycles. The number of hydrogen-bond acceptors (Lipinski definition) is 4. The maximum Gasteiger partial charge on any atom is 0.241 e. The van der Waals surface area contributed by atoms with Gasteiger partial charge in [0.1, 0.15) is 6.54 Å². The molecule has 6 heteroatoms. The number of nitrogens with one attached hydrogen (secondary N) is 1. The lowest BCUT2D eigenvalue weighted by atomic mass is 9.75. The molecule has 1 saturated carbocycles. The van der Waals surface area contributed by atoms with Crippen molar-refractivity contribution in [3.05, 3.63) is 12.4 Å². The summed E-state index contributed by atoms with van der Waals surface area (Å²) in [6.07, 6.45) is 8.01. The van der Waals surface area contributed by atoms with Gasteiger partial charge in [-0.15, -0.1) is 0 Å². The van der Waals surface area contributed by atoms with Crippen LogP contribution >= 0.6 is 0 Å². The number of carbonyl (C=O) groups is 1. The van der Waals surface area contributed by atoms with E-state index in [1.54, 1.807) is 17.1 Å². The summed E-state index contributed by atoms with van der Waals surface area (Å²) in [4.78, 5) is 14.4. The van der Waals surface area contributed by atoms with E-state index in [0.717, 1.165) is 12.8 Å². The third-order valence-corrected chi connectivity index (χ3v) is 4.59. The van der Waals surface area contributed by atoms with Crippen molar-refractivity contribution in [2.45, 2.75) is 44.7 Å². The Kier molecular flexibility index (Phi) is 4.88. The molecule has 118 valence electrons. The van der Waals surface area contributed by atoms with Gasteiger partial charge >= 0.3 is 0 Å². The molecule has 1 fully saturated rings. The molecule has 0 spiro atoms. The Bertz CT molecular complexity index is 484. The molecular weight excluding hydrogens is 266 g/mol. The van der Waals surface area contributed by atoms with E-state index in [4.69, 9.17) is 5.73 Å². The molecule has 21 heavy (non-hydrogen) atoms. The second-order valence-electron chi connectivity index (χ2n) is 6.57. The van der Waals surface area contributed by atoms with Crippen LogP contribution in [0.25, 0.3) is 0 Å². The number of rotatable bonds is 5. The van der Waals surface area contributed by atoms with Crippen molar-refractivity contribution < 1.29 is 4.79 Å². The molecule has 1 amide bonds. The molecule has 2 rings (SSSR count). The van der Waals surface area contributed by atoms with Gasteiger partial charge in [0.05, 0.1) is 11.9 Å². The molecule has 3 N–H and O–H groups in total. The fraction of sp³-hybridized carbons (Fsp3) is 0.733. The van der Waals surface area contributed by atoms with E-state index < -0.39 is 0 Å². The predicted molar refractivity (Wildman–Crippen MR) is 83.7 cm³/mol. The summed E-state index contributed by atoms with van der Waals surface area (Å²) < 4.78 is 1.57. The van der Waals surface area contributed by atoms with Crippen molar-refractivity contribution in [3.8, 4) is 0 Å². The standard InChI is InChI=1S/C15H27N5O/c1-12-5-4-6-15(7-12,19(2)3)11-17-14(21)10-20-9-13(16)8-18-20/h8-9,12H,4-7,10-11,16H2,1-3H3,(H,17,21). The second kappa shape index (κ2) is 6.47. The fourth-order valence-electron chi connectivity index (χ4n) is 3.29. The van der Waals surface area contributed by atoms with E-state index in [9.17, 15) is 4.79 Å². The first-order chi connectivity index (χ1) is 9.91. The van der Waals surface area contributed by atoms with Gasteiger partial charge in [0.15, 0.2) is 0 Å². The van der Waals surface area contributed by atoms with Crippen LogP contribution in [0.2, 0.25) is 0 Å². The predicted octanol–water partition coefficient (Wildman–Crippen LogP) is 1.09. The normalized spacial score (nSPS) is 26.0. The van der Waals surface area contributed by atoms with Gasteiger partial charge in [-0.2, -0.15) is 5.10 Å². The number of nitrogens with two attached hydrogens (primary N) is 1. The molecule has 2 atom stereocenters. The summed E-state index contributed by atoms with van der Waals surface area (Å²) in [7, 11) is 4.22. The lowest BCUT2D eigenvalue weighted by Crippen LogP contribution is -2.55.